The van der Waals surface area contributed by atoms with E-state index in [1.54, 1.807) is 7.11 Å². The number of ether oxygens (including phenoxy) is 1. The highest BCUT2D eigenvalue weighted by Gasteiger charge is 2.19. The Morgan fingerprint density at radius 2 is 2.00 bits per heavy atom. The summed E-state index contributed by atoms with van der Waals surface area (Å²) in [6.07, 6.45) is 2.46. The lowest BCUT2D eigenvalue weighted by Crippen LogP contribution is -2.43. The minimum atomic E-state index is 0.708. The minimum Gasteiger partial charge on any atom is -0.383 e. The van der Waals surface area contributed by atoms with Crippen molar-refractivity contribution in [1.82, 2.24) is 25.3 Å². The third-order valence-corrected chi connectivity index (χ3v) is 5.19. The lowest BCUT2D eigenvalue weighted by Gasteiger charge is -2.32. The van der Waals surface area contributed by atoms with Crippen molar-refractivity contribution in [2.75, 3.05) is 46.9 Å². The Hall–Kier alpha value is -1.60. The molecular weight excluding hydrogens is 316 g/mol. The van der Waals surface area contributed by atoms with Gasteiger partial charge in [0.15, 0.2) is 5.96 Å². The zero-order valence-corrected chi connectivity index (χ0v) is 16.4. The van der Waals surface area contributed by atoms with Gasteiger partial charge in [-0.05, 0) is 45.7 Å². The summed E-state index contributed by atoms with van der Waals surface area (Å²) in [6.45, 7) is 10.1. The predicted molar refractivity (Wildman–Crippen MR) is 102 cm³/mol. The van der Waals surface area contributed by atoms with Crippen LogP contribution < -0.4 is 10.6 Å². The molecule has 0 aromatic carbocycles. The monoisotopic (exact) mass is 350 g/mol. The summed E-state index contributed by atoms with van der Waals surface area (Å²) in [7, 11) is 5.58. The van der Waals surface area contributed by atoms with E-state index in [0.717, 1.165) is 51.0 Å². The number of rotatable bonds is 7. The highest BCUT2D eigenvalue weighted by Crippen LogP contribution is 2.16. The van der Waals surface area contributed by atoms with Crippen molar-refractivity contribution in [2.45, 2.75) is 33.2 Å². The van der Waals surface area contributed by atoms with E-state index < -0.39 is 0 Å². The zero-order valence-electron chi connectivity index (χ0n) is 16.4. The van der Waals surface area contributed by atoms with Gasteiger partial charge in [-0.25, -0.2) is 0 Å². The number of hydrogen-bond donors (Lipinski definition) is 2. The van der Waals surface area contributed by atoms with E-state index in [9.17, 15) is 0 Å². The molecule has 2 rings (SSSR count). The third kappa shape index (κ3) is 5.71. The number of aliphatic imine (C=N–C) groups is 1. The van der Waals surface area contributed by atoms with Crippen LogP contribution in [0.2, 0.25) is 0 Å². The van der Waals surface area contributed by atoms with Crippen LogP contribution >= 0.6 is 0 Å². The van der Waals surface area contributed by atoms with Crippen LogP contribution in [0.25, 0.3) is 0 Å². The summed E-state index contributed by atoms with van der Waals surface area (Å²) < 4.78 is 7.09. The highest BCUT2D eigenvalue weighted by molar-refractivity contribution is 5.79. The lowest BCUT2D eigenvalue weighted by atomic mass is 9.97. The van der Waals surface area contributed by atoms with Crippen LogP contribution in [0.4, 0.5) is 0 Å². The molecule has 1 aliphatic heterocycles. The second-order valence-electron chi connectivity index (χ2n) is 6.86. The molecule has 0 saturated carbocycles. The maximum atomic E-state index is 5.16. The smallest absolute Gasteiger partial charge is 0.191 e. The summed E-state index contributed by atoms with van der Waals surface area (Å²) in [5.74, 6) is 1.57. The van der Waals surface area contributed by atoms with Crippen molar-refractivity contribution in [3.63, 3.8) is 0 Å². The molecule has 0 aliphatic carbocycles. The van der Waals surface area contributed by atoms with Crippen molar-refractivity contribution in [3.05, 3.63) is 17.0 Å². The number of likely N-dealkylation sites (tertiary alicyclic amines) is 1. The summed E-state index contributed by atoms with van der Waals surface area (Å²) in [4.78, 5) is 6.84. The van der Waals surface area contributed by atoms with Crippen LogP contribution in [0.15, 0.2) is 4.99 Å². The summed E-state index contributed by atoms with van der Waals surface area (Å²) >= 11 is 0. The van der Waals surface area contributed by atoms with Crippen LogP contribution in [0.5, 0.6) is 0 Å². The molecule has 142 valence electrons. The lowest BCUT2D eigenvalue weighted by molar-refractivity contribution is 0.121. The Kier molecular flexibility index (Phi) is 7.71. The fraction of sp³-hybridized carbons (Fsp3) is 0.778. The molecule has 0 bridgehead atoms. The number of nitrogens with zero attached hydrogens (tertiary/aromatic N) is 4. The number of hydrogen-bond acceptors (Lipinski definition) is 4. The van der Waals surface area contributed by atoms with E-state index in [2.05, 4.69) is 39.5 Å². The summed E-state index contributed by atoms with van der Waals surface area (Å²) in [5.41, 5.74) is 3.52. The van der Waals surface area contributed by atoms with E-state index >= 15 is 0 Å². The molecule has 0 amide bonds. The Labute approximate surface area is 151 Å². The van der Waals surface area contributed by atoms with Gasteiger partial charge in [0.05, 0.1) is 12.3 Å². The first-order valence-corrected chi connectivity index (χ1v) is 9.20. The molecule has 0 spiro atoms. The first-order chi connectivity index (χ1) is 12.0. The molecule has 1 aromatic rings. The molecule has 1 saturated heterocycles. The maximum absolute atomic E-state index is 5.16. The molecule has 7 nitrogen and oxygen atoms in total. The molecule has 25 heavy (non-hydrogen) atoms. The van der Waals surface area contributed by atoms with Gasteiger partial charge in [-0.2, -0.15) is 5.10 Å². The average Bonchev–Trinajstić information content (AvgIpc) is 2.86. The minimum absolute atomic E-state index is 0.708. The van der Waals surface area contributed by atoms with Crippen LogP contribution in [0, 0.1) is 19.8 Å². The molecule has 7 heteroatoms. The Balaban J connectivity index is 1.72. The van der Waals surface area contributed by atoms with Crippen LogP contribution in [-0.4, -0.2) is 67.6 Å². The molecule has 2 heterocycles. The standard InChI is InChI=1S/C18H34N6O/c1-14-17(15(2)23(4)22-14)13-21-18(19-3)20-12-16-6-8-24(9-7-16)10-11-25-5/h16H,6-13H2,1-5H3,(H2,19,20,21). The Bertz CT molecular complexity index is 560. The number of guanidine groups is 1. The van der Waals surface area contributed by atoms with Crippen LogP contribution in [0.3, 0.4) is 0 Å². The quantitative estimate of drug-likeness (QED) is 0.569. The van der Waals surface area contributed by atoms with Gasteiger partial charge >= 0.3 is 0 Å². The molecule has 0 atom stereocenters. The van der Waals surface area contributed by atoms with Gasteiger partial charge in [0.2, 0.25) is 0 Å². The van der Waals surface area contributed by atoms with Gasteiger partial charge in [0.25, 0.3) is 0 Å². The summed E-state index contributed by atoms with van der Waals surface area (Å²) in [6, 6.07) is 0. The van der Waals surface area contributed by atoms with Crippen LogP contribution in [-0.2, 0) is 18.3 Å². The van der Waals surface area contributed by atoms with Crippen molar-refractivity contribution in [2.24, 2.45) is 18.0 Å². The van der Waals surface area contributed by atoms with Gasteiger partial charge in [-0.15, -0.1) is 0 Å². The second-order valence-corrected chi connectivity index (χ2v) is 6.86. The number of methoxy groups -OCH3 is 1. The van der Waals surface area contributed by atoms with E-state index in [4.69, 9.17) is 4.74 Å². The van der Waals surface area contributed by atoms with Gasteiger partial charge < -0.3 is 20.3 Å². The van der Waals surface area contributed by atoms with Gasteiger partial charge in [-0.3, -0.25) is 9.67 Å². The van der Waals surface area contributed by atoms with Crippen LogP contribution in [0.1, 0.15) is 29.8 Å². The maximum Gasteiger partial charge on any atom is 0.191 e. The molecule has 1 fully saturated rings. The van der Waals surface area contributed by atoms with Gasteiger partial charge in [0, 0.05) is 52.1 Å². The van der Waals surface area contributed by atoms with Gasteiger partial charge in [-0.1, -0.05) is 0 Å². The topological polar surface area (TPSA) is 66.7 Å². The SMILES string of the molecule is CN=C(NCc1c(C)nn(C)c1C)NCC1CCN(CCOC)CC1. The van der Waals surface area contributed by atoms with Crippen molar-refractivity contribution in [1.29, 1.82) is 0 Å². The Morgan fingerprint density at radius 1 is 1.28 bits per heavy atom. The van der Waals surface area contributed by atoms with Crippen molar-refractivity contribution in [3.8, 4) is 0 Å². The number of piperidine rings is 1. The average molecular weight is 351 g/mol. The van der Waals surface area contributed by atoms with E-state index in [1.807, 2.05) is 18.8 Å². The largest absolute Gasteiger partial charge is 0.383 e. The predicted octanol–water partition coefficient (Wildman–Crippen LogP) is 1.06. The number of aryl methyl sites for hydroxylation is 2. The third-order valence-electron chi connectivity index (χ3n) is 5.19. The fourth-order valence-electron chi connectivity index (χ4n) is 3.34. The molecular formula is C18H34N6O. The van der Waals surface area contributed by atoms with Crippen molar-refractivity contribution >= 4 is 5.96 Å². The van der Waals surface area contributed by atoms with E-state index in [-0.39, 0.29) is 0 Å². The molecule has 1 aromatic heterocycles. The molecule has 0 unspecified atom stereocenters. The first kappa shape index (κ1) is 19.7. The normalized spacial score (nSPS) is 17.1. The second kappa shape index (κ2) is 9.77. The van der Waals surface area contributed by atoms with Crippen molar-refractivity contribution < 1.29 is 4.74 Å². The van der Waals surface area contributed by atoms with E-state index in [1.165, 1.54) is 24.1 Å². The first-order valence-electron chi connectivity index (χ1n) is 9.20. The fourth-order valence-corrected chi connectivity index (χ4v) is 3.34. The van der Waals surface area contributed by atoms with Gasteiger partial charge in [0.1, 0.15) is 0 Å². The highest BCUT2D eigenvalue weighted by atomic mass is 16.5. The summed E-state index contributed by atoms with van der Waals surface area (Å²) in [5, 5.41) is 11.4. The Morgan fingerprint density at radius 3 is 2.56 bits per heavy atom. The van der Waals surface area contributed by atoms with E-state index in [0.29, 0.717) is 5.92 Å². The number of aromatic nitrogens is 2. The molecule has 2 N–H and O–H groups in total. The number of nitrogens with one attached hydrogen (secondary N) is 2. The zero-order chi connectivity index (χ0) is 18.2. The molecule has 0 radical (unpaired) electrons. The molecule has 1 aliphatic rings.